The number of carbonyl (C=O) groups excluding carboxylic acids is 2. The summed E-state index contributed by atoms with van der Waals surface area (Å²) in [5.41, 5.74) is 0.157. The average molecular weight is 450 g/mol. The van der Waals surface area contributed by atoms with Crippen LogP contribution in [0.1, 0.15) is 50.0 Å². The highest BCUT2D eigenvalue weighted by Crippen LogP contribution is 2.31. The minimum absolute atomic E-state index is 0.0754. The van der Waals surface area contributed by atoms with Crippen LogP contribution in [0.15, 0.2) is 23.0 Å². The number of fused-ring (bicyclic) bond motifs is 1. The van der Waals surface area contributed by atoms with Gasteiger partial charge in [0, 0.05) is 17.5 Å². The van der Waals surface area contributed by atoms with Crippen molar-refractivity contribution in [2.75, 3.05) is 10.6 Å². The second-order valence-corrected chi connectivity index (χ2v) is 8.42. The molecular formula is C20H21Cl2N5O3. The lowest BCUT2D eigenvalue weighted by molar-refractivity contribution is -0.127. The molecular weight excluding hydrogens is 429 g/mol. The van der Waals surface area contributed by atoms with E-state index in [2.05, 4.69) is 25.9 Å². The van der Waals surface area contributed by atoms with Gasteiger partial charge in [0.25, 0.3) is 5.56 Å². The van der Waals surface area contributed by atoms with Crippen molar-refractivity contribution in [1.82, 2.24) is 15.3 Å². The van der Waals surface area contributed by atoms with Gasteiger partial charge in [-0.3, -0.25) is 19.4 Å². The van der Waals surface area contributed by atoms with Gasteiger partial charge in [-0.1, -0.05) is 42.5 Å². The van der Waals surface area contributed by atoms with Gasteiger partial charge in [-0.2, -0.15) is 4.98 Å². The van der Waals surface area contributed by atoms with Gasteiger partial charge < -0.3 is 16.0 Å². The molecule has 4 N–H and O–H groups in total. The summed E-state index contributed by atoms with van der Waals surface area (Å²) in [4.78, 5) is 44.8. The van der Waals surface area contributed by atoms with Gasteiger partial charge in [-0.25, -0.2) is 0 Å². The Hall–Kier alpha value is -2.58. The maximum absolute atomic E-state index is 12.9. The molecule has 2 aromatic rings. The molecule has 2 amide bonds. The number of aromatic amines is 1. The van der Waals surface area contributed by atoms with E-state index in [1.807, 2.05) is 0 Å². The van der Waals surface area contributed by atoms with Gasteiger partial charge in [-0.15, -0.1) is 0 Å². The molecule has 0 radical (unpaired) electrons. The number of H-pyrrole nitrogens is 1. The zero-order chi connectivity index (χ0) is 21.3. The molecule has 2 heterocycles. The third kappa shape index (κ3) is 4.44. The van der Waals surface area contributed by atoms with Crippen LogP contribution >= 0.6 is 23.2 Å². The molecule has 1 fully saturated rings. The third-order valence-electron chi connectivity index (χ3n) is 5.40. The van der Waals surface area contributed by atoms with Crippen LogP contribution in [-0.2, 0) is 9.59 Å². The first-order chi connectivity index (χ1) is 14.4. The van der Waals surface area contributed by atoms with Crippen LogP contribution in [0.2, 0.25) is 10.0 Å². The van der Waals surface area contributed by atoms with Crippen LogP contribution in [0.4, 0.5) is 17.5 Å². The van der Waals surface area contributed by atoms with Crippen LogP contribution in [0.5, 0.6) is 0 Å². The molecule has 1 saturated carbocycles. The molecule has 0 bridgehead atoms. The van der Waals surface area contributed by atoms with Crippen LogP contribution in [-0.4, -0.2) is 27.8 Å². The molecule has 1 atom stereocenters. The minimum atomic E-state index is -0.875. The number of rotatable bonds is 4. The number of halogens is 2. The summed E-state index contributed by atoms with van der Waals surface area (Å²) in [7, 11) is 0. The number of anilines is 3. The summed E-state index contributed by atoms with van der Waals surface area (Å²) in [5.74, 6) is -1.38. The van der Waals surface area contributed by atoms with E-state index in [1.165, 1.54) is 0 Å². The Labute approximate surface area is 182 Å². The Morgan fingerprint density at radius 1 is 1.13 bits per heavy atom. The van der Waals surface area contributed by atoms with Crippen molar-refractivity contribution in [2.24, 2.45) is 0 Å². The maximum Gasteiger partial charge on any atom is 0.258 e. The molecule has 4 rings (SSSR count). The van der Waals surface area contributed by atoms with Crippen molar-refractivity contribution in [3.63, 3.8) is 0 Å². The largest absolute Gasteiger partial charge is 0.353 e. The predicted octanol–water partition coefficient (Wildman–Crippen LogP) is 3.70. The van der Waals surface area contributed by atoms with Crippen molar-refractivity contribution < 1.29 is 9.59 Å². The van der Waals surface area contributed by atoms with E-state index in [-0.39, 0.29) is 41.6 Å². The zero-order valence-corrected chi connectivity index (χ0v) is 17.6. The van der Waals surface area contributed by atoms with Crippen LogP contribution in [0.3, 0.4) is 0 Å². The number of aromatic nitrogens is 2. The van der Waals surface area contributed by atoms with Crippen molar-refractivity contribution >= 4 is 52.5 Å². The van der Waals surface area contributed by atoms with E-state index >= 15 is 0 Å². The molecule has 1 aliphatic carbocycles. The standard InChI is InChI=1S/C20H21Cl2N5O3/c21-10-6-7-14(13(22)8-10)24-20-26-17-16(19(30)27-20)12(9-15(28)25-17)18(29)23-11-4-2-1-3-5-11/h6-8,11-12H,1-5,9H2,(H,23,29)(H3,24,25,26,27,28,30)/t12-/m1/s1. The predicted molar refractivity (Wildman–Crippen MR) is 116 cm³/mol. The summed E-state index contributed by atoms with van der Waals surface area (Å²) >= 11 is 12.1. The smallest absolute Gasteiger partial charge is 0.258 e. The van der Waals surface area contributed by atoms with Gasteiger partial charge in [-0.05, 0) is 31.0 Å². The maximum atomic E-state index is 12.9. The summed E-state index contributed by atoms with van der Waals surface area (Å²) < 4.78 is 0. The number of hydrogen-bond donors (Lipinski definition) is 4. The average Bonchev–Trinajstić information content (AvgIpc) is 2.70. The number of amides is 2. The quantitative estimate of drug-likeness (QED) is 0.567. The first-order valence-corrected chi connectivity index (χ1v) is 10.6. The topological polar surface area (TPSA) is 116 Å². The Balaban J connectivity index is 1.60. The van der Waals surface area contributed by atoms with Gasteiger partial charge >= 0.3 is 0 Å². The van der Waals surface area contributed by atoms with E-state index in [9.17, 15) is 14.4 Å². The molecule has 30 heavy (non-hydrogen) atoms. The SMILES string of the molecule is O=C1C[C@@H](C(=O)NC2CCCCC2)c2c(nc(Nc3ccc(Cl)cc3Cl)[nH]c2=O)N1. The van der Waals surface area contributed by atoms with E-state index in [4.69, 9.17) is 23.2 Å². The summed E-state index contributed by atoms with van der Waals surface area (Å²) in [5, 5.41) is 9.31. The normalized spacial score (nSPS) is 19.0. The van der Waals surface area contributed by atoms with E-state index in [0.29, 0.717) is 15.7 Å². The highest BCUT2D eigenvalue weighted by atomic mass is 35.5. The molecule has 0 spiro atoms. The second-order valence-electron chi connectivity index (χ2n) is 7.57. The monoisotopic (exact) mass is 449 g/mol. The Kier molecular flexibility index (Phi) is 5.97. The number of hydrogen-bond acceptors (Lipinski definition) is 5. The second kappa shape index (κ2) is 8.65. The van der Waals surface area contributed by atoms with E-state index < -0.39 is 11.5 Å². The lowest BCUT2D eigenvalue weighted by atomic mass is 9.90. The molecule has 10 heteroatoms. The fraction of sp³-hybridized carbons (Fsp3) is 0.400. The first-order valence-electron chi connectivity index (χ1n) is 9.87. The van der Waals surface area contributed by atoms with Crippen LogP contribution in [0.25, 0.3) is 0 Å². The van der Waals surface area contributed by atoms with Gasteiger partial charge in [0.05, 0.1) is 22.2 Å². The van der Waals surface area contributed by atoms with Crippen molar-refractivity contribution in [3.05, 3.63) is 44.2 Å². The van der Waals surface area contributed by atoms with E-state index in [1.54, 1.807) is 18.2 Å². The molecule has 0 saturated heterocycles. The number of carbonyl (C=O) groups is 2. The lowest BCUT2D eigenvalue weighted by Gasteiger charge is -2.28. The van der Waals surface area contributed by atoms with Gasteiger partial charge in [0.2, 0.25) is 17.8 Å². The lowest BCUT2D eigenvalue weighted by Crippen LogP contribution is -2.43. The summed E-state index contributed by atoms with van der Waals surface area (Å²) in [6.07, 6.45) is 5.03. The van der Waals surface area contributed by atoms with Crippen LogP contribution in [0, 0.1) is 0 Å². The minimum Gasteiger partial charge on any atom is -0.353 e. The van der Waals surface area contributed by atoms with Gasteiger partial charge in [0.15, 0.2) is 0 Å². The molecule has 1 aromatic carbocycles. The number of nitrogens with zero attached hydrogens (tertiary/aromatic N) is 1. The molecule has 8 nitrogen and oxygen atoms in total. The molecule has 1 aliphatic heterocycles. The van der Waals surface area contributed by atoms with Gasteiger partial charge in [0.1, 0.15) is 5.82 Å². The highest BCUT2D eigenvalue weighted by Gasteiger charge is 2.35. The number of benzene rings is 1. The fourth-order valence-corrected chi connectivity index (χ4v) is 4.38. The van der Waals surface area contributed by atoms with Crippen molar-refractivity contribution in [1.29, 1.82) is 0 Å². The van der Waals surface area contributed by atoms with Crippen molar-refractivity contribution in [2.45, 2.75) is 50.5 Å². The Morgan fingerprint density at radius 3 is 2.63 bits per heavy atom. The fourth-order valence-electron chi connectivity index (χ4n) is 3.92. The number of nitrogens with one attached hydrogen (secondary N) is 4. The summed E-state index contributed by atoms with van der Waals surface area (Å²) in [6.45, 7) is 0. The third-order valence-corrected chi connectivity index (χ3v) is 5.95. The molecule has 158 valence electrons. The first kappa shape index (κ1) is 20.7. The van der Waals surface area contributed by atoms with E-state index in [0.717, 1.165) is 32.1 Å². The van der Waals surface area contributed by atoms with Crippen LogP contribution < -0.4 is 21.5 Å². The molecule has 1 aromatic heterocycles. The highest BCUT2D eigenvalue weighted by molar-refractivity contribution is 6.36. The molecule has 0 unspecified atom stereocenters. The Morgan fingerprint density at radius 2 is 1.90 bits per heavy atom. The zero-order valence-electron chi connectivity index (χ0n) is 16.1. The summed E-state index contributed by atoms with van der Waals surface area (Å²) in [6, 6.07) is 4.91. The molecule has 2 aliphatic rings. The van der Waals surface area contributed by atoms with Crippen molar-refractivity contribution in [3.8, 4) is 0 Å². The Bertz CT molecular complexity index is 1050.